The standard InChI is InChI=1S/C10H16O/c1-8(6-9(2)11)7-10-4-3-5-10/h6,10H,3-5,7H2,1-2H3/b8-6-. The van der Waals surface area contributed by atoms with Crippen LogP contribution in [0.5, 0.6) is 0 Å². The normalized spacial score (nSPS) is 19.6. The Morgan fingerprint density at radius 3 is 2.45 bits per heavy atom. The maximum Gasteiger partial charge on any atom is 0.152 e. The van der Waals surface area contributed by atoms with Crippen molar-refractivity contribution in [2.45, 2.75) is 39.5 Å². The van der Waals surface area contributed by atoms with E-state index < -0.39 is 0 Å². The molecule has 62 valence electrons. The van der Waals surface area contributed by atoms with E-state index in [1.165, 1.54) is 24.8 Å². The van der Waals surface area contributed by atoms with Crippen LogP contribution in [0, 0.1) is 5.92 Å². The molecule has 0 unspecified atom stereocenters. The fourth-order valence-electron chi connectivity index (χ4n) is 1.56. The van der Waals surface area contributed by atoms with E-state index in [0.717, 1.165) is 12.3 Å². The number of carbonyl (C=O) groups is 1. The molecule has 1 nitrogen and oxygen atoms in total. The molecule has 0 atom stereocenters. The first-order valence-corrected chi connectivity index (χ1v) is 4.36. The van der Waals surface area contributed by atoms with Crippen molar-refractivity contribution in [1.29, 1.82) is 0 Å². The van der Waals surface area contributed by atoms with Crippen molar-refractivity contribution >= 4 is 5.78 Å². The van der Waals surface area contributed by atoms with Gasteiger partial charge in [0, 0.05) is 0 Å². The minimum atomic E-state index is 0.182. The molecule has 0 aromatic carbocycles. The van der Waals surface area contributed by atoms with Gasteiger partial charge >= 0.3 is 0 Å². The molecule has 1 aliphatic carbocycles. The van der Waals surface area contributed by atoms with Gasteiger partial charge in [-0.25, -0.2) is 0 Å². The predicted octanol–water partition coefficient (Wildman–Crippen LogP) is 2.71. The summed E-state index contributed by atoms with van der Waals surface area (Å²) in [4.78, 5) is 10.7. The van der Waals surface area contributed by atoms with Crippen LogP contribution in [-0.2, 0) is 4.79 Å². The molecule has 0 radical (unpaired) electrons. The van der Waals surface area contributed by atoms with E-state index in [1.54, 1.807) is 13.0 Å². The molecule has 1 rings (SSSR count). The van der Waals surface area contributed by atoms with Gasteiger partial charge in [0.25, 0.3) is 0 Å². The van der Waals surface area contributed by atoms with Crippen molar-refractivity contribution in [3.63, 3.8) is 0 Å². The summed E-state index contributed by atoms with van der Waals surface area (Å²) in [6.45, 7) is 3.67. The number of hydrogen-bond donors (Lipinski definition) is 0. The number of ketones is 1. The number of allylic oxidation sites excluding steroid dienone is 2. The lowest BCUT2D eigenvalue weighted by molar-refractivity contribution is -0.112. The zero-order valence-corrected chi connectivity index (χ0v) is 7.39. The van der Waals surface area contributed by atoms with E-state index >= 15 is 0 Å². The average molecular weight is 152 g/mol. The quantitative estimate of drug-likeness (QED) is 0.568. The third-order valence-electron chi connectivity index (χ3n) is 2.29. The Kier molecular flexibility index (Phi) is 2.86. The Morgan fingerprint density at radius 1 is 1.45 bits per heavy atom. The lowest BCUT2D eigenvalue weighted by atomic mass is 9.81. The lowest BCUT2D eigenvalue weighted by Gasteiger charge is -2.25. The molecular weight excluding hydrogens is 136 g/mol. The van der Waals surface area contributed by atoms with Crippen LogP contribution in [0.3, 0.4) is 0 Å². The van der Waals surface area contributed by atoms with Crippen molar-refractivity contribution in [3.8, 4) is 0 Å². The summed E-state index contributed by atoms with van der Waals surface area (Å²) in [7, 11) is 0. The van der Waals surface area contributed by atoms with Crippen LogP contribution in [0.15, 0.2) is 11.6 Å². The molecule has 0 amide bonds. The molecule has 0 saturated heterocycles. The lowest BCUT2D eigenvalue weighted by Crippen LogP contribution is -2.11. The van der Waals surface area contributed by atoms with Gasteiger partial charge in [-0.3, -0.25) is 4.79 Å². The minimum Gasteiger partial charge on any atom is -0.295 e. The average Bonchev–Trinajstić information content (AvgIpc) is 1.77. The van der Waals surface area contributed by atoms with Crippen molar-refractivity contribution in [1.82, 2.24) is 0 Å². The second kappa shape index (κ2) is 3.70. The number of rotatable bonds is 3. The second-order valence-corrected chi connectivity index (χ2v) is 3.60. The van der Waals surface area contributed by atoms with Gasteiger partial charge in [-0.1, -0.05) is 24.8 Å². The molecule has 0 aliphatic heterocycles. The van der Waals surface area contributed by atoms with Crippen molar-refractivity contribution in [2.24, 2.45) is 5.92 Å². The summed E-state index contributed by atoms with van der Waals surface area (Å²) in [5.41, 5.74) is 1.25. The van der Waals surface area contributed by atoms with Gasteiger partial charge in [0.05, 0.1) is 0 Å². The first-order chi connectivity index (χ1) is 5.18. The predicted molar refractivity (Wildman–Crippen MR) is 46.4 cm³/mol. The Balaban J connectivity index is 2.29. The van der Waals surface area contributed by atoms with Crippen molar-refractivity contribution < 1.29 is 4.79 Å². The maximum atomic E-state index is 10.7. The van der Waals surface area contributed by atoms with E-state index in [4.69, 9.17) is 0 Å². The van der Waals surface area contributed by atoms with Crippen molar-refractivity contribution in [2.75, 3.05) is 0 Å². The second-order valence-electron chi connectivity index (χ2n) is 3.60. The van der Waals surface area contributed by atoms with Crippen LogP contribution >= 0.6 is 0 Å². The van der Waals surface area contributed by atoms with E-state index in [2.05, 4.69) is 6.92 Å². The molecule has 0 heterocycles. The summed E-state index contributed by atoms with van der Waals surface area (Å²) in [5, 5.41) is 0. The Morgan fingerprint density at radius 2 is 2.09 bits per heavy atom. The van der Waals surface area contributed by atoms with Crippen LogP contribution in [0.25, 0.3) is 0 Å². The summed E-state index contributed by atoms with van der Waals surface area (Å²) in [6.07, 6.45) is 7.02. The maximum absolute atomic E-state index is 10.7. The van der Waals surface area contributed by atoms with Crippen LogP contribution in [-0.4, -0.2) is 5.78 Å². The highest BCUT2D eigenvalue weighted by atomic mass is 16.1. The highest BCUT2D eigenvalue weighted by Crippen LogP contribution is 2.31. The third-order valence-corrected chi connectivity index (χ3v) is 2.29. The molecule has 0 aromatic rings. The van der Waals surface area contributed by atoms with E-state index in [0.29, 0.717) is 0 Å². The molecule has 1 fully saturated rings. The minimum absolute atomic E-state index is 0.182. The fourth-order valence-corrected chi connectivity index (χ4v) is 1.56. The van der Waals surface area contributed by atoms with Gasteiger partial charge in [0.2, 0.25) is 0 Å². The van der Waals surface area contributed by atoms with Gasteiger partial charge in [0.15, 0.2) is 5.78 Å². The molecule has 0 spiro atoms. The van der Waals surface area contributed by atoms with Gasteiger partial charge in [-0.05, 0) is 32.3 Å². The zero-order chi connectivity index (χ0) is 8.27. The Bertz CT molecular complexity index is 175. The van der Waals surface area contributed by atoms with Gasteiger partial charge in [-0.15, -0.1) is 0 Å². The van der Waals surface area contributed by atoms with Gasteiger partial charge in [-0.2, -0.15) is 0 Å². The summed E-state index contributed by atoms with van der Waals surface area (Å²) >= 11 is 0. The molecule has 1 aliphatic rings. The van der Waals surface area contributed by atoms with Gasteiger partial charge in [0.1, 0.15) is 0 Å². The molecule has 0 N–H and O–H groups in total. The first-order valence-electron chi connectivity index (χ1n) is 4.36. The van der Waals surface area contributed by atoms with Crippen LogP contribution in [0.1, 0.15) is 39.5 Å². The summed E-state index contributed by atoms with van der Waals surface area (Å²) in [5.74, 6) is 1.06. The van der Waals surface area contributed by atoms with Gasteiger partial charge < -0.3 is 0 Å². The number of carbonyl (C=O) groups excluding carboxylic acids is 1. The highest BCUT2D eigenvalue weighted by Gasteiger charge is 2.17. The Hall–Kier alpha value is -0.590. The van der Waals surface area contributed by atoms with E-state index in [-0.39, 0.29) is 5.78 Å². The first kappa shape index (κ1) is 8.51. The topological polar surface area (TPSA) is 17.1 Å². The summed E-state index contributed by atoms with van der Waals surface area (Å²) in [6, 6.07) is 0. The van der Waals surface area contributed by atoms with Crippen LogP contribution < -0.4 is 0 Å². The molecule has 0 aromatic heterocycles. The smallest absolute Gasteiger partial charge is 0.152 e. The largest absolute Gasteiger partial charge is 0.295 e. The molecular formula is C10H16O. The highest BCUT2D eigenvalue weighted by molar-refractivity contribution is 5.87. The molecule has 1 saturated carbocycles. The molecule has 0 bridgehead atoms. The third kappa shape index (κ3) is 2.87. The fraction of sp³-hybridized carbons (Fsp3) is 0.700. The van der Waals surface area contributed by atoms with Crippen molar-refractivity contribution in [3.05, 3.63) is 11.6 Å². The zero-order valence-electron chi connectivity index (χ0n) is 7.39. The van der Waals surface area contributed by atoms with E-state index in [1.807, 2.05) is 0 Å². The van der Waals surface area contributed by atoms with E-state index in [9.17, 15) is 4.79 Å². The van der Waals surface area contributed by atoms with Crippen LogP contribution in [0.2, 0.25) is 0 Å². The molecule has 1 heteroatoms. The SMILES string of the molecule is CC(=O)/C=C(/C)CC1CCC1. The molecule has 11 heavy (non-hydrogen) atoms. The van der Waals surface area contributed by atoms with Crippen LogP contribution in [0.4, 0.5) is 0 Å². The Labute approximate surface area is 68.5 Å². The summed E-state index contributed by atoms with van der Waals surface area (Å²) < 4.78 is 0. The monoisotopic (exact) mass is 152 g/mol. The number of hydrogen-bond acceptors (Lipinski definition) is 1.